The van der Waals surface area contributed by atoms with Crippen LogP contribution in [-0.2, 0) is 13.6 Å². The van der Waals surface area contributed by atoms with Gasteiger partial charge in [0, 0.05) is 0 Å². The first-order valence-electron chi connectivity index (χ1n) is 11.1. The SMILES string of the molecule is CC(C)(C)OC(=O)N[C@@H]([C@@H](O)CO)[C@@H](CO[Si](C)(C)C(C)(C)C)O[Si](C)(C)C(C)(C)C. The lowest BCUT2D eigenvalue weighted by atomic mass is 10.1. The van der Waals surface area contributed by atoms with Crippen molar-refractivity contribution in [2.75, 3.05) is 13.2 Å². The second-order valence-electron chi connectivity index (χ2n) is 12.4. The van der Waals surface area contributed by atoms with E-state index < -0.39 is 53.2 Å². The van der Waals surface area contributed by atoms with Gasteiger partial charge in [0.1, 0.15) is 5.60 Å². The van der Waals surface area contributed by atoms with Gasteiger partial charge < -0.3 is 29.1 Å². The first-order valence-corrected chi connectivity index (χ1v) is 17.0. The summed E-state index contributed by atoms with van der Waals surface area (Å²) in [6, 6.07) is -0.876. The summed E-state index contributed by atoms with van der Waals surface area (Å²) in [6.07, 6.45) is -2.52. The smallest absolute Gasteiger partial charge is 0.408 e. The molecule has 0 aromatic carbocycles. The molecular formula is C22H49NO6Si2. The van der Waals surface area contributed by atoms with Gasteiger partial charge in [-0.15, -0.1) is 0 Å². The van der Waals surface area contributed by atoms with Crippen molar-refractivity contribution in [1.29, 1.82) is 0 Å². The summed E-state index contributed by atoms with van der Waals surface area (Å²) in [4.78, 5) is 12.5. The average molecular weight is 480 g/mol. The van der Waals surface area contributed by atoms with E-state index in [-0.39, 0.29) is 16.7 Å². The molecule has 0 heterocycles. The summed E-state index contributed by atoms with van der Waals surface area (Å²) in [6.45, 7) is 26.4. The lowest BCUT2D eigenvalue weighted by Gasteiger charge is -2.44. The van der Waals surface area contributed by atoms with Crippen molar-refractivity contribution in [1.82, 2.24) is 5.32 Å². The van der Waals surface area contributed by atoms with Gasteiger partial charge in [0.15, 0.2) is 16.6 Å². The molecule has 3 atom stereocenters. The van der Waals surface area contributed by atoms with Gasteiger partial charge in [0.05, 0.1) is 31.5 Å². The van der Waals surface area contributed by atoms with E-state index in [1.54, 1.807) is 20.8 Å². The number of hydrogen-bond acceptors (Lipinski definition) is 6. The molecule has 0 aliphatic heterocycles. The molecule has 7 nitrogen and oxygen atoms in total. The van der Waals surface area contributed by atoms with E-state index in [9.17, 15) is 15.0 Å². The van der Waals surface area contributed by atoms with Gasteiger partial charge in [-0.25, -0.2) is 4.79 Å². The Bertz CT molecular complexity index is 576. The molecule has 9 heteroatoms. The predicted octanol–water partition coefficient (Wildman–Crippen LogP) is 4.65. The van der Waals surface area contributed by atoms with Crippen molar-refractivity contribution in [2.45, 2.75) is 122 Å². The highest BCUT2D eigenvalue weighted by molar-refractivity contribution is 6.74. The Morgan fingerprint density at radius 1 is 0.903 bits per heavy atom. The van der Waals surface area contributed by atoms with Crippen LogP contribution in [0, 0.1) is 0 Å². The van der Waals surface area contributed by atoms with E-state index in [0.717, 1.165) is 0 Å². The van der Waals surface area contributed by atoms with Crippen molar-refractivity contribution in [3.8, 4) is 0 Å². The minimum absolute atomic E-state index is 0.00178. The normalized spacial score (nSPS) is 17.1. The fraction of sp³-hybridized carbons (Fsp3) is 0.955. The van der Waals surface area contributed by atoms with Gasteiger partial charge in [-0.2, -0.15) is 0 Å². The molecular weight excluding hydrogens is 430 g/mol. The molecule has 1 amide bonds. The maximum absolute atomic E-state index is 12.5. The number of aliphatic hydroxyl groups excluding tert-OH is 2. The molecule has 0 aromatic rings. The third kappa shape index (κ3) is 9.92. The number of carbonyl (C=O) groups excluding carboxylic acids is 1. The molecule has 0 aromatic heterocycles. The molecule has 0 spiro atoms. The highest BCUT2D eigenvalue weighted by Crippen LogP contribution is 2.39. The Hall–Kier alpha value is -0.456. The summed E-state index contributed by atoms with van der Waals surface area (Å²) >= 11 is 0. The Kier molecular flexibility index (Phi) is 10.5. The number of nitrogens with one attached hydrogen (secondary N) is 1. The van der Waals surface area contributed by atoms with Crippen molar-refractivity contribution in [3.63, 3.8) is 0 Å². The van der Waals surface area contributed by atoms with E-state index in [1.807, 2.05) is 0 Å². The molecule has 0 saturated heterocycles. The zero-order valence-electron chi connectivity index (χ0n) is 22.2. The van der Waals surface area contributed by atoms with Crippen LogP contribution in [-0.4, -0.2) is 70.0 Å². The Morgan fingerprint density at radius 3 is 1.71 bits per heavy atom. The van der Waals surface area contributed by atoms with Crippen LogP contribution >= 0.6 is 0 Å². The fourth-order valence-corrected chi connectivity index (χ4v) is 4.61. The van der Waals surface area contributed by atoms with Gasteiger partial charge in [-0.1, -0.05) is 41.5 Å². The fourth-order valence-electron chi connectivity index (χ4n) is 2.27. The van der Waals surface area contributed by atoms with E-state index in [1.165, 1.54) is 0 Å². The third-order valence-electron chi connectivity index (χ3n) is 6.35. The van der Waals surface area contributed by atoms with Crippen LogP contribution in [0.2, 0.25) is 36.3 Å². The molecule has 0 bridgehead atoms. The maximum Gasteiger partial charge on any atom is 0.408 e. The molecule has 0 rings (SSSR count). The topological polar surface area (TPSA) is 97.3 Å². The molecule has 3 N–H and O–H groups in total. The van der Waals surface area contributed by atoms with Gasteiger partial charge in [0.25, 0.3) is 0 Å². The maximum atomic E-state index is 12.5. The molecule has 0 aliphatic rings. The van der Waals surface area contributed by atoms with E-state index in [0.29, 0.717) is 0 Å². The minimum atomic E-state index is -2.28. The summed E-state index contributed by atoms with van der Waals surface area (Å²) in [5, 5.41) is 22.9. The van der Waals surface area contributed by atoms with Gasteiger partial charge >= 0.3 is 6.09 Å². The number of carbonyl (C=O) groups is 1. The Balaban J connectivity index is 5.97. The number of rotatable bonds is 9. The lowest BCUT2D eigenvalue weighted by molar-refractivity contribution is -0.0142. The quantitative estimate of drug-likeness (QED) is 0.417. The second-order valence-corrected chi connectivity index (χ2v) is 22.0. The minimum Gasteiger partial charge on any atom is -0.444 e. The molecule has 0 aliphatic carbocycles. The summed E-state index contributed by atoms with van der Waals surface area (Å²) < 4.78 is 18.4. The van der Waals surface area contributed by atoms with Crippen LogP contribution in [0.4, 0.5) is 4.79 Å². The van der Waals surface area contributed by atoms with Crippen molar-refractivity contribution in [2.24, 2.45) is 0 Å². The van der Waals surface area contributed by atoms with Gasteiger partial charge in [0.2, 0.25) is 0 Å². The molecule has 0 unspecified atom stereocenters. The Labute approximate surface area is 192 Å². The van der Waals surface area contributed by atoms with Crippen molar-refractivity contribution in [3.05, 3.63) is 0 Å². The zero-order chi connectivity index (χ0) is 25.1. The first-order chi connectivity index (χ1) is 13.5. The molecule has 0 saturated carbocycles. The van der Waals surface area contributed by atoms with Crippen LogP contribution in [0.1, 0.15) is 62.3 Å². The highest BCUT2D eigenvalue weighted by Gasteiger charge is 2.44. The molecule has 31 heavy (non-hydrogen) atoms. The third-order valence-corrected chi connectivity index (χ3v) is 15.4. The van der Waals surface area contributed by atoms with Crippen LogP contribution in [0.3, 0.4) is 0 Å². The van der Waals surface area contributed by atoms with Crippen LogP contribution in [0.15, 0.2) is 0 Å². The van der Waals surface area contributed by atoms with Gasteiger partial charge in [-0.05, 0) is 57.0 Å². The largest absolute Gasteiger partial charge is 0.444 e. The van der Waals surface area contributed by atoms with E-state index >= 15 is 0 Å². The predicted molar refractivity (Wildman–Crippen MR) is 131 cm³/mol. The van der Waals surface area contributed by atoms with Crippen molar-refractivity contribution < 1.29 is 28.6 Å². The zero-order valence-corrected chi connectivity index (χ0v) is 24.2. The number of amides is 1. The standard InChI is InChI=1S/C22H49NO6Si2/c1-20(2,3)28-19(26)23-18(16(25)14-24)17(29-31(12,13)22(7,8)9)15-27-30(10,11)21(4,5)6/h16-18,24-25H,14-15H2,1-13H3,(H,23,26)/t16-,17+,18-/m0/s1. The summed E-state index contributed by atoms with van der Waals surface area (Å²) in [5.41, 5.74) is -0.688. The number of aliphatic hydroxyl groups is 2. The number of hydrogen-bond donors (Lipinski definition) is 3. The van der Waals surface area contributed by atoms with Crippen LogP contribution in [0.25, 0.3) is 0 Å². The van der Waals surface area contributed by atoms with Crippen LogP contribution in [0.5, 0.6) is 0 Å². The lowest BCUT2D eigenvalue weighted by Crippen LogP contribution is -2.59. The average Bonchev–Trinajstić information content (AvgIpc) is 2.52. The number of ether oxygens (including phenoxy) is 1. The summed E-state index contributed by atoms with van der Waals surface area (Å²) in [7, 11) is -4.39. The highest BCUT2D eigenvalue weighted by atomic mass is 28.4. The molecule has 0 radical (unpaired) electrons. The summed E-state index contributed by atoms with van der Waals surface area (Å²) in [5.74, 6) is 0. The first kappa shape index (κ1) is 30.5. The van der Waals surface area contributed by atoms with Crippen molar-refractivity contribution >= 4 is 22.7 Å². The van der Waals surface area contributed by atoms with Gasteiger partial charge in [-0.3, -0.25) is 0 Å². The molecule has 0 fully saturated rings. The Morgan fingerprint density at radius 2 is 1.35 bits per heavy atom. The van der Waals surface area contributed by atoms with E-state index in [2.05, 4.69) is 73.0 Å². The van der Waals surface area contributed by atoms with E-state index in [4.69, 9.17) is 13.6 Å². The molecule has 186 valence electrons. The number of alkyl carbamates (subject to hydrolysis) is 1. The second kappa shape index (κ2) is 10.6. The monoisotopic (exact) mass is 479 g/mol. The van der Waals surface area contributed by atoms with Crippen LogP contribution < -0.4 is 5.32 Å².